The van der Waals surface area contributed by atoms with Crippen molar-refractivity contribution in [3.05, 3.63) is 30.0 Å². The van der Waals surface area contributed by atoms with Gasteiger partial charge in [0, 0.05) is 29.7 Å². The predicted octanol–water partition coefficient (Wildman–Crippen LogP) is 2.07. The van der Waals surface area contributed by atoms with Gasteiger partial charge in [0.1, 0.15) is 5.75 Å². The van der Waals surface area contributed by atoms with Gasteiger partial charge in [-0.1, -0.05) is 0 Å². The van der Waals surface area contributed by atoms with Gasteiger partial charge < -0.3 is 15.5 Å². The molecule has 3 N–H and O–H groups in total. The predicted molar refractivity (Wildman–Crippen MR) is 62.2 cm³/mol. The van der Waals surface area contributed by atoms with E-state index in [1.807, 2.05) is 19.1 Å². The Balaban J connectivity index is 2.37. The van der Waals surface area contributed by atoms with Crippen molar-refractivity contribution in [1.29, 1.82) is 0 Å². The smallest absolute Gasteiger partial charge is 0.120 e. The van der Waals surface area contributed by atoms with Crippen molar-refractivity contribution in [1.82, 2.24) is 4.98 Å². The minimum absolute atomic E-state index is 0.181. The molecular formula is C12H16N2O. The third-order valence-electron chi connectivity index (χ3n) is 2.43. The van der Waals surface area contributed by atoms with Gasteiger partial charge in [0.25, 0.3) is 0 Å². The molecule has 1 aromatic carbocycles. The van der Waals surface area contributed by atoms with Crippen molar-refractivity contribution in [2.45, 2.75) is 19.4 Å². The minimum atomic E-state index is 0.181. The molecule has 0 aliphatic carbocycles. The Labute approximate surface area is 89.2 Å². The maximum Gasteiger partial charge on any atom is 0.120 e. The molecule has 0 bridgehead atoms. The van der Waals surface area contributed by atoms with E-state index in [-0.39, 0.29) is 6.04 Å². The number of aromatic nitrogens is 1. The number of nitrogens with two attached hydrogens (primary N) is 1. The van der Waals surface area contributed by atoms with Gasteiger partial charge in [-0.3, -0.25) is 0 Å². The van der Waals surface area contributed by atoms with Crippen molar-refractivity contribution < 1.29 is 4.74 Å². The lowest BCUT2D eigenvalue weighted by molar-refractivity contribution is 0.415. The van der Waals surface area contributed by atoms with Crippen molar-refractivity contribution in [3.8, 4) is 5.75 Å². The highest BCUT2D eigenvalue weighted by Gasteiger charge is 2.03. The van der Waals surface area contributed by atoms with Crippen molar-refractivity contribution in [3.63, 3.8) is 0 Å². The molecule has 1 atom stereocenters. The van der Waals surface area contributed by atoms with E-state index >= 15 is 0 Å². The molecule has 3 nitrogen and oxygen atoms in total. The number of nitrogens with one attached hydrogen (secondary N) is 1. The molecule has 0 fully saturated rings. The summed E-state index contributed by atoms with van der Waals surface area (Å²) >= 11 is 0. The molecule has 0 radical (unpaired) electrons. The fourth-order valence-corrected chi connectivity index (χ4v) is 1.75. The number of methoxy groups -OCH3 is 1. The Hall–Kier alpha value is -1.48. The van der Waals surface area contributed by atoms with Gasteiger partial charge in [0.2, 0.25) is 0 Å². The van der Waals surface area contributed by atoms with Gasteiger partial charge in [-0.2, -0.15) is 0 Å². The number of rotatable bonds is 3. The average Bonchev–Trinajstić information content (AvgIpc) is 2.57. The van der Waals surface area contributed by atoms with E-state index in [9.17, 15) is 0 Å². The van der Waals surface area contributed by atoms with E-state index in [0.29, 0.717) is 0 Å². The largest absolute Gasteiger partial charge is 0.497 e. The molecule has 2 rings (SSSR count). The third kappa shape index (κ3) is 2.13. The zero-order chi connectivity index (χ0) is 10.8. The number of ether oxygens (including phenoxy) is 1. The van der Waals surface area contributed by atoms with Gasteiger partial charge in [-0.15, -0.1) is 0 Å². The van der Waals surface area contributed by atoms with Gasteiger partial charge in [-0.25, -0.2) is 0 Å². The average molecular weight is 204 g/mol. The summed E-state index contributed by atoms with van der Waals surface area (Å²) in [6.45, 7) is 2.01. The van der Waals surface area contributed by atoms with Gasteiger partial charge >= 0.3 is 0 Å². The van der Waals surface area contributed by atoms with Crippen LogP contribution in [-0.2, 0) is 6.42 Å². The maximum absolute atomic E-state index is 5.76. The Morgan fingerprint density at radius 3 is 2.87 bits per heavy atom. The Bertz CT molecular complexity index is 460. The second kappa shape index (κ2) is 3.95. The molecule has 0 spiro atoms. The minimum Gasteiger partial charge on any atom is -0.497 e. The zero-order valence-electron chi connectivity index (χ0n) is 9.08. The highest BCUT2D eigenvalue weighted by Crippen LogP contribution is 2.21. The lowest BCUT2D eigenvalue weighted by atomic mass is 10.2. The van der Waals surface area contributed by atoms with E-state index in [4.69, 9.17) is 10.5 Å². The fourth-order valence-electron chi connectivity index (χ4n) is 1.75. The first-order valence-electron chi connectivity index (χ1n) is 5.10. The highest BCUT2D eigenvalue weighted by molar-refractivity contribution is 5.81. The summed E-state index contributed by atoms with van der Waals surface area (Å²) in [5, 5.41) is 1.20. The van der Waals surface area contributed by atoms with Crippen LogP contribution in [0.25, 0.3) is 10.9 Å². The number of aromatic amines is 1. The number of benzene rings is 1. The van der Waals surface area contributed by atoms with Gasteiger partial charge in [0.15, 0.2) is 0 Å². The molecule has 0 saturated heterocycles. The molecular weight excluding hydrogens is 188 g/mol. The second-order valence-corrected chi connectivity index (χ2v) is 3.93. The van der Waals surface area contributed by atoms with Crippen LogP contribution >= 0.6 is 0 Å². The van der Waals surface area contributed by atoms with Crippen LogP contribution < -0.4 is 10.5 Å². The molecule has 80 valence electrons. The molecule has 0 saturated carbocycles. The molecule has 0 aliphatic heterocycles. The summed E-state index contributed by atoms with van der Waals surface area (Å²) in [4.78, 5) is 3.34. The van der Waals surface area contributed by atoms with Gasteiger partial charge in [-0.05, 0) is 30.5 Å². The standard InChI is InChI=1S/C12H16N2O/c1-8(13)5-10-6-9-3-4-11(15-2)7-12(9)14-10/h3-4,6-8,14H,5,13H2,1-2H3/t8-/m1/s1. The van der Waals surface area contributed by atoms with Crippen LogP contribution in [0.3, 0.4) is 0 Å². The molecule has 1 heterocycles. The van der Waals surface area contributed by atoms with E-state index in [2.05, 4.69) is 17.1 Å². The molecule has 15 heavy (non-hydrogen) atoms. The maximum atomic E-state index is 5.76. The number of hydrogen-bond donors (Lipinski definition) is 2. The van der Waals surface area contributed by atoms with Crippen LogP contribution in [0.4, 0.5) is 0 Å². The first-order chi connectivity index (χ1) is 7.19. The summed E-state index contributed by atoms with van der Waals surface area (Å²) in [5.74, 6) is 0.872. The number of H-pyrrole nitrogens is 1. The van der Waals surface area contributed by atoms with E-state index in [0.717, 1.165) is 17.7 Å². The van der Waals surface area contributed by atoms with Gasteiger partial charge in [0.05, 0.1) is 7.11 Å². The normalized spacial score (nSPS) is 13.0. The van der Waals surface area contributed by atoms with Crippen LogP contribution in [0.2, 0.25) is 0 Å². The Kier molecular flexibility index (Phi) is 2.64. The van der Waals surface area contributed by atoms with Crippen LogP contribution in [0, 0.1) is 0 Å². The van der Waals surface area contributed by atoms with E-state index < -0.39 is 0 Å². The second-order valence-electron chi connectivity index (χ2n) is 3.93. The number of fused-ring (bicyclic) bond motifs is 1. The summed E-state index contributed by atoms with van der Waals surface area (Å²) in [7, 11) is 1.67. The SMILES string of the molecule is COc1ccc2cc(C[C@@H](C)N)[nH]c2c1. The van der Waals surface area contributed by atoms with Crippen LogP contribution in [-0.4, -0.2) is 18.1 Å². The highest BCUT2D eigenvalue weighted by atomic mass is 16.5. The van der Waals surface area contributed by atoms with Crippen LogP contribution in [0.5, 0.6) is 5.75 Å². The van der Waals surface area contributed by atoms with Crippen LogP contribution in [0.1, 0.15) is 12.6 Å². The lowest BCUT2D eigenvalue weighted by Crippen LogP contribution is -2.17. The van der Waals surface area contributed by atoms with E-state index in [1.165, 1.54) is 11.1 Å². The zero-order valence-corrected chi connectivity index (χ0v) is 9.08. The fraction of sp³-hybridized carbons (Fsp3) is 0.333. The summed E-state index contributed by atoms with van der Waals surface area (Å²) in [5.41, 5.74) is 8.03. The summed E-state index contributed by atoms with van der Waals surface area (Å²) in [6.07, 6.45) is 0.872. The molecule has 3 heteroatoms. The molecule has 0 unspecified atom stereocenters. The Morgan fingerprint density at radius 1 is 1.40 bits per heavy atom. The first-order valence-corrected chi connectivity index (χ1v) is 5.10. The lowest BCUT2D eigenvalue weighted by Gasteiger charge is -2.00. The number of hydrogen-bond acceptors (Lipinski definition) is 2. The first kappa shape index (κ1) is 10.1. The van der Waals surface area contributed by atoms with Crippen molar-refractivity contribution in [2.75, 3.05) is 7.11 Å². The van der Waals surface area contributed by atoms with Crippen molar-refractivity contribution in [2.24, 2.45) is 5.73 Å². The topological polar surface area (TPSA) is 51.0 Å². The summed E-state index contributed by atoms with van der Waals surface area (Å²) < 4.78 is 5.17. The van der Waals surface area contributed by atoms with Crippen LogP contribution in [0.15, 0.2) is 24.3 Å². The molecule has 0 aliphatic rings. The Morgan fingerprint density at radius 2 is 2.20 bits per heavy atom. The quantitative estimate of drug-likeness (QED) is 0.804. The monoisotopic (exact) mass is 204 g/mol. The molecule has 1 aromatic heterocycles. The third-order valence-corrected chi connectivity index (χ3v) is 2.43. The molecule has 2 aromatic rings. The molecule has 0 amide bonds. The van der Waals surface area contributed by atoms with Crippen molar-refractivity contribution >= 4 is 10.9 Å². The van der Waals surface area contributed by atoms with E-state index in [1.54, 1.807) is 7.11 Å². The summed E-state index contributed by atoms with van der Waals surface area (Å²) in [6, 6.07) is 8.33.